The summed E-state index contributed by atoms with van der Waals surface area (Å²) in [6.07, 6.45) is 1.10. The smallest absolute Gasteiger partial charge is 0.226 e. The lowest BCUT2D eigenvalue weighted by molar-refractivity contribution is -0.134. The first-order valence-corrected chi connectivity index (χ1v) is 5.40. The summed E-state index contributed by atoms with van der Waals surface area (Å²) in [6, 6.07) is -0.0677. The predicted molar refractivity (Wildman–Crippen MR) is 59.9 cm³/mol. The molecule has 0 aromatic carbocycles. The summed E-state index contributed by atoms with van der Waals surface area (Å²) in [5, 5.41) is 0. The lowest BCUT2D eigenvalue weighted by atomic mass is 10.0. The fourth-order valence-corrected chi connectivity index (χ4v) is 1.26. The van der Waals surface area contributed by atoms with Crippen LogP contribution in [0, 0.1) is 11.8 Å². The molecule has 0 saturated carbocycles. The van der Waals surface area contributed by atoms with E-state index in [1.807, 2.05) is 20.9 Å². The molecule has 0 aromatic heterocycles. The zero-order valence-electron chi connectivity index (χ0n) is 10.1. The zero-order valence-corrected chi connectivity index (χ0v) is 10.1. The molecule has 0 fully saturated rings. The first kappa shape index (κ1) is 13.4. The van der Waals surface area contributed by atoms with Crippen LogP contribution in [-0.2, 0) is 4.79 Å². The number of amides is 1. The molecule has 2 N–H and O–H groups in total. The number of hydrogen-bond acceptors (Lipinski definition) is 2. The van der Waals surface area contributed by atoms with Gasteiger partial charge in [0.2, 0.25) is 5.91 Å². The van der Waals surface area contributed by atoms with Gasteiger partial charge in [0.05, 0.1) is 5.92 Å². The van der Waals surface area contributed by atoms with Gasteiger partial charge in [0.25, 0.3) is 0 Å². The van der Waals surface area contributed by atoms with Gasteiger partial charge in [0, 0.05) is 19.6 Å². The second-order valence-corrected chi connectivity index (χ2v) is 4.38. The van der Waals surface area contributed by atoms with Gasteiger partial charge in [-0.3, -0.25) is 4.79 Å². The van der Waals surface area contributed by atoms with Gasteiger partial charge in [-0.1, -0.05) is 27.2 Å². The van der Waals surface area contributed by atoms with Gasteiger partial charge in [-0.2, -0.15) is 0 Å². The van der Waals surface area contributed by atoms with Crippen molar-refractivity contribution in [1.29, 1.82) is 0 Å². The molecule has 0 radical (unpaired) electrons. The second kappa shape index (κ2) is 6.02. The predicted octanol–water partition coefficient (Wildman–Crippen LogP) is 1.47. The number of nitrogens with two attached hydrogens (primary N) is 1. The van der Waals surface area contributed by atoms with E-state index in [1.54, 1.807) is 4.90 Å². The molecule has 3 nitrogen and oxygen atoms in total. The number of nitrogens with zero attached hydrogens (tertiary/aromatic N) is 1. The van der Waals surface area contributed by atoms with Crippen LogP contribution < -0.4 is 5.73 Å². The number of carbonyl (C=O) groups excluding carboxylic acids is 1. The van der Waals surface area contributed by atoms with Gasteiger partial charge < -0.3 is 10.6 Å². The molecule has 3 heteroatoms. The molecule has 0 aliphatic carbocycles. The highest BCUT2D eigenvalue weighted by molar-refractivity contribution is 5.78. The minimum absolute atomic E-state index is 0.0677. The molecule has 0 spiro atoms. The highest BCUT2D eigenvalue weighted by Gasteiger charge is 2.21. The van der Waals surface area contributed by atoms with E-state index in [-0.39, 0.29) is 17.9 Å². The molecule has 0 bridgehead atoms. The molecule has 0 rings (SSSR count). The van der Waals surface area contributed by atoms with Crippen LogP contribution in [0.25, 0.3) is 0 Å². The van der Waals surface area contributed by atoms with E-state index < -0.39 is 0 Å². The van der Waals surface area contributed by atoms with Gasteiger partial charge in [0.1, 0.15) is 0 Å². The third-order valence-corrected chi connectivity index (χ3v) is 2.84. The van der Waals surface area contributed by atoms with Gasteiger partial charge in [-0.05, 0) is 12.8 Å². The van der Waals surface area contributed by atoms with Crippen LogP contribution in [0.1, 0.15) is 34.1 Å². The first-order valence-electron chi connectivity index (χ1n) is 5.40. The summed E-state index contributed by atoms with van der Waals surface area (Å²) >= 11 is 0. The highest BCUT2D eigenvalue weighted by Crippen LogP contribution is 2.08. The van der Waals surface area contributed by atoms with Crippen LogP contribution in [0.3, 0.4) is 0 Å². The lowest BCUT2D eigenvalue weighted by Crippen LogP contribution is -2.41. The van der Waals surface area contributed by atoms with Crippen molar-refractivity contribution in [3.8, 4) is 0 Å². The van der Waals surface area contributed by atoms with Crippen molar-refractivity contribution < 1.29 is 4.79 Å². The van der Waals surface area contributed by atoms with E-state index >= 15 is 0 Å². The van der Waals surface area contributed by atoms with E-state index in [4.69, 9.17) is 5.73 Å². The summed E-state index contributed by atoms with van der Waals surface area (Å²) in [7, 11) is 1.85. The summed E-state index contributed by atoms with van der Waals surface area (Å²) in [5.41, 5.74) is 5.69. The average Bonchev–Trinajstić information content (AvgIpc) is 2.14. The third-order valence-electron chi connectivity index (χ3n) is 2.84. The van der Waals surface area contributed by atoms with E-state index in [9.17, 15) is 4.79 Å². The molecule has 0 aromatic rings. The Labute approximate surface area is 87.6 Å². The number of carbonyl (C=O) groups is 1. The van der Waals surface area contributed by atoms with Crippen molar-refractivity contribution in [3.05, 3.63) is 0 Å². The molecule has 0 aliphatic rings. The molecule has 84 valence electrons. The Morgan fingerprint density at radius 2 is 1.86 bits per heavy atom. The van der Waals surface area contributed by atoms with E-state index in [0.29, 0.717) is 5.92 Å². The van der Waals surface area contributed by atoms with Crippen LogP contribution in [0.15, 0.2) is 0 Å². The Morgan fingerprint density at radius 3 is 2.21 bits per heavy atom. The normalized spacial score (nSPS) is 17.3. The van der Waals surface area contributed by atoms with Crippen molar-refractivity contribution in [2.24, 2.45) is 17.6 Å². The maximum Gasteiger partial charge on any atom is 0.226 e. The van der Waals surface area contributed by atoms with Crippen molar-refractivity contribution in [3.63, 3.8) is 0 Å². The summed E-state index contributed by atoms with van der Waals surface area (Å²) in [4.78, 5) is 13.6. The number of rotatable bonds is 5. The molecule has 3 atom stereocenters. The van der Waals surface area contributed by atoms with E-state index in [1.165, 1.54) is 0 Å². The van der Waals surface area contributed by atoms with Crippen LogP contribution in [0.2, 0.25) is 0 Å². The highest BCUT2D eigenvalue weighted by atomic mass is 16.2. The van der Waals surface area contributed by atoms with Crippen molar-refractivity contribution in [2.45, 2.75) is 40.2 Å². The fourth-order valence-electron chi connectivity index (χ4n) is 1.26. The standard InChI is InChI=1S/C11H24N2O/c1-6-8(2)7-13(5)11(14)9(3)10(4)12/h8-10H,6-7,12H2,1-5H3. The molecule has 0 aliphatic heterocycles. The van der Waals surface area contributed by atoms with Crippen molar-refractivity contribution in [1.82, 2.24) is 4.90 Å². The SMILES string of the molecule is CCC(C)CN(C)C(=O)C(C)C(C)N. The summed E-state index contributed by atoms with van der Waals surface area (Å²) in [6.45, 7) is 8.88. The Bertz CT molecular complexity index is 180. The maximum atomic E-state index is 11.8. The summed E-state index contributed by atoms with van der Waals surface area (Å²) < 4.78 is 0. The van der Waals surface area contributed by atoms with Gasteiger partial charge in [-0.25, -0.2) is 0 Å². The molecule has 0 saturated heterocycles. The van der Waals surface area contributed by atoms with Crippen molar-refractivity contribution in [2.75, 3.05) is 13.6 Å². The minimum Gasteiger partial charge on any atom is -0.345 e. The van der Waals surface area contributed by atoms with Gasteiger partial charge in [0.15, 0.2) is 0 Å². The van der Waals surface area contributed by atoms with Gasteiger partial charge in [-0.15, -0.1) is 0 Å². The Kier molecular flexibility index (Phi) is 5.77. The van der Waals surface area contributed by atoms with Gasteiger partial charge >= 0.3 is 0 Å². The lowest BCUT2D eigenvalue weighted by Gasteiger charge is -2.25. The molecule has 14 heavy (non-hydrogen) atoms. The molecule has 0 heterocycles. The van der Waals surface area contributed by atoms with Crippen LogP contribution in [-0.4, -0.2) is 30.4 Å². The Hall–Kier alpha value is -0.570. The van der Waals surface area contributed by atoms with Crippen LogP contribution >= 0.6 is 0 Å². The molecule has 3 unspecified atom stereocenters. The third kappa shape index (κ3) is 4.09. The minimum atomic E-state index is -0.0796. The average molecular weight is 200 g/mol. The van der Waals surface area contributed by atoms with Crippen LogP contribution in [0.5, 0.6) is 0 Å². The Balaban J connectivity index is 4.11. The first-order chi connectivity index (χ1) is 6.40. The van der Waals surface area contributed by atoms with Crippen LogP contribution in [0.4, 0.5) is 0 Å². The van der Waals surface area contributed by atoms with Crippen molar-refractivity contribution >= 4 is 5.91 Å². The second-order valence-electron chi connectivity index (χ2n) is 4.38. The summed E-state index contributed by atoms with van der Waals surface area (Å²) in [5.74, 6) is 0.633. The number of hydrogen-bond donors (Lipinski definition) is 1. The fraction of sp³-hybridized carbons (Fsp3) is 0.909. The zero-order chi connectivity index (χ0) is 11.3. The maximum absolute atomic E-state index is 11.8. The monoisotopic (exact) mass is 200 g/mol. The Morgan fingerprint density at radius 1 is 1.36 bits per heavy atom. The van der Waals surface area contributed by atoms with E-state index in [0.717, 1.165) is 13.0 Å². The quantitative estimate of drug-likeness (QED) is 0.730. The topological polar surface area (TPSA) is 46.3 Å². The largest absolute Gasteiger partial charge is 0.345 e. The molecular formula is C11H24N2O. The van der Waals surface area contributed by atoms with E-state index in [2.05, 4.69) is 13.8 Å². The molecular weight excluding hydrogens is 176 g/mol. The molecule has 1 amide bonds.